The number of halogens is 2. The van der Waals surface area contributed by atoms with E-state index in [-0.39, 0.29) is 24.0 Å². The first-order valence-electron chi connectivity index (χ1n) is 9.30. The largest absolute Gasteiger partial charge is 0.382 e. The van der Waals surface area contributed by atoms with E-state index in [0.29, 0.717) is 5.41 Å². The fraction of sp³-hybridized carbons (Fsp3) is 0.737. The predicted molar refractivity (Wildman–Crippen MR) is 123 cm³/mol. The summed E-state index contributed by atoms with van der Waals surface area (Å²) in [5, 5.41) is 3.62. The summed E-state index contributed by atoms with van der Waals surface area (Å²) in [4.78, 5) is 6.68. The van der Waals surface area contributed by atoms with Crippen molar-refractivity contribution in [1.29, 1.82) is 0 Å². The van der Waals surface area contributed by atoms with E-state index in [4.69, 9.17) is 4.74 Å². The van der Waals surface area contributed by atoms with Gasteiger partial charge in [0.05, 0.1) is 6.54 Å². The summed E-state index contributed by atoms with van der Waals surface area (Å²) in [7, 11) is 6.03. The molecule has 0 spiro atoms. The molecule has 0 aromatic carbocycles. The number of aliphatic imine (C=N–C) groups is 1. The quantitative estimate of drug-likeness (QED) is 0.230. The fourth-order valence-corrected chi connectivity index (χ4v) is 4.34. The maximum absolute atomic E-state index is 5.62. The summed E-state index contributed by atoms with van der Waals surface area (Å²) in [6, 6.07) is 2.16. The number of rotatable bonds is 8. The third-order valence-electron chi connectivity index (χ3n) is 5.31. The van der Waals surface area contributed by atoms with Gasteiger partial charge in [0.15, 0.2) is 5.96 Å². The molecular weight excluding hydrogens is 507 g/mol. The van der Waals surface area contributed by atoms with E-state index in [1.165, 1.54) is 31.4 Å². The molecule has 0 saturated heterocycles. The second-order valence-corrected chi connectivity index (χ2v) is 8.09. The van der Waals surface area contributed by atoms with Crippen LogP contribution in [-0.2, 0) is 18.3 Å². The molecule has 1 heterocycles. The van der Waals surface area contributed by atoms with Crippen LogP contribution in [0.3, 0.4) is 0 Å². The van der Waals surface area contributed by atoms with Crippen LogP contribution in [0.15, 0.2) is 21.7 Å². The maximum Gasteiger partial charge on any atom is 0.193 e. The number of aromatic nitrogens is 1. The van der Waals surface area contributed by atoms with E-state index in [1.807, 2.05) is 7.05 Å². The molecule has 5 nitrogen and oxygen atoms in total. The molecular formula is C19H34BrIN4O. The normalized spacial score (nSPS) is 16.4. The van der Waals surface area contributed by atoms with Crippen molar-refractivity contribution in [1.82, 2.24) is 14.8 Å². The topological polar surface area (TPSA) is 41.8 Å². The van der Waals surface area contributed by atoms with Crippen LogP contribution in [0.4, 0.5) is 0 Å². The highest BCUT2D eigenvalue weighted by Gasteiger charge is 2.33. The van der Waals surface area contributed by atoms with Gasteiger partial charge in [-0.3, -0.25) is 4.99 Å². The molecule has 0 amide bonds. The van der Waals surface area contributed by atoms with Gasteiger partial charge in [0.2, 0.25) is 0 Å². The SMILES string of the molecule is CCOCCC1(CNC(=NC)N(C)Cc2cc(Br)cn2C)CCCC1.I. The Morgan fingerprint density at radius 1 is 1.42 bits per heavy atom. The highest BCUT2D eigenvalue weighted by atomic mass is 127. The minimum atomic E-state index is 0. The number of ether oxygens (including phenoxy) is 1. The van der Waals surface area contributed by atoms with Crippen LogP contribution in [0.5, 0.6) is 0 Å². The Morgan fingerprint density at radius 2 is 2.12 bits per heavy atom. The Bertz CT molecular complexity index is 570. The molecule has 1 saturated carbocycles. The van der Waals surface area contributed by atoms with Gasteiger partial charge in [0, 0.05) is 57.3 Å². The molecule has 0 radical (unpaired) electrons. The number of aryl methyl sites for hydroxylation is 1. The van der Waals surface area contributed by atoms with Crippen LogP contribution in [0.25, 0.3) is 0 Å². The second kappa shape index (κ2) is 11.5. The lowest BCUT2D eigenvalue weighted by atomic mass is 9.83. The van der Waals surface area contributed by atoms with Crippen LogP contribution >= 0.6 is 39.9 Å². The molecule has 0 bridgehead atoms. The van der Waals surface area contributed by atoms with Gasteiger partial charge in [-0.2, -0.15) is 0 Å². The molecule has 2 rings (SSSR count). The van der Waals surface area contributed by atoms with Crippen LogP contribution in [-0.4, -0.2) is 49.3 Å². The van der Waals surface area contributed by atoms with Crippen molar-refractivity contribution in [3.63, 3.8) is 0 Å². The van der Waals surface area contributed by atoms with Gasteiger partial charge in [-0.05, 0) is 53.6 Å². The van der Waals surface area contributed by atoms with E-state index < -0.39 is 0 Å². The van der Waals surface area contributed by atoms with Crippen molar-refractivity contribution in [2.45, 2.75) is 45.6 Å². The van der Waals surface area contributed by atoms with Crippen molar-refractivity contribution < 1.29 is 4.74 Å². The average Bonchev–Trinajstić information content (AvgIpc) is 3.15. The van der Waals surface area contributed by atoms with Gasteiger partial charge in [0.25, 0.3) is 0 Å². The van der Waals surface area contributed by atoms with Gasteiger partial charge < -0.3 is 19.5 Å². The number of nitrogens with one attached hydrogen (secondary N) is 1. The number of hydrogen-bond donors (Lipinski definition) is 1. The number of guanidine groups is 1. The van der Waals surface area contributed by atoms with Gasteiger partial charge in [-0.15, -0.1) is 24.0 Å². The second-order valence-electron chi connectivity index (χ2n) is 7.17. The molecule has 1 aliphatic carbocycles. The molecule has 1 N–H and O–H groups in total. The smallest absolute Gasteiger partial charge is 0.193 e. The van der Waals surface area contributed by atoms with Crippen molar-refractivity contribution in [3.05, 3.63) is 22.4 Å². The van der Waals surface area contributed by atoms with Crippen LogP contribution in [0.2, 0.25) is 0 Å². The minimum Gasteiger partial charge on any atom is -0.382 e. The number of nitrogens with zero attached hydrogens (tertiary/aromatic N) is 3. The molecule has 0 atom stereocenters. The Morgan fingerprint density at radius 3 is 2.65 bits per heavy atom. The highest BCUT2D eigenvalue weighted by molar-refractivity contribution is 14.0. The Labute approximate surface area is 184 Å². The third kappa shape index (κ3) is 6.71. The van der Waals surface area contributed by atoms with Gasteiger partial charge in [-0.1, -0.05) is 12.8 Å². The van der Waals surface area contributed by atoms with E-state index in [9.17, 15) is 0 Å². The zero-order valence-electron chi connectivity index (χ0n) is 16.6. The zero-order chi connectivity index (χ0) is 18.3. The molecule has 26 heavy (non-hydrogen) atoms. The Hall–Kier alpha value is -0.280. The van der Waals surface area contributed by atoms with E-state index in [2.05, 4.69) is 69.0 Å². The van der Waals surface area contributed by atoms with E-state index in [0.717, 1.165) is 43.2 Å². The summed E-state index contributed by atoms with van der Waals surface area (Å²) in [6.45, 7) is 5.55. The summed E-state index contributed by atoms with van der Waals surface area (Å²) < 4.78 is 8.88. The molecule has 1 aliphatic rings. The minimum absolute atomic E-state index is 0. The van der Waals surface area contributed by atoms with Gasteiger partial charge in [0.1, 0.15) is 0 Å². The van der Waals surface area contributed by atoms with Gasteiger partial charge in [-0.25, -0.2) is 0 Å². The predicted octanol–water partition coefficient (Wildman–Crippen LogP) is 4.40. The van der Waals surface area contributed by atoms with Crippen LogP contribution in [0.1, 0.15) is 44.7 Å². The summed E-state index contributed by atoms with van der Waals surface area (Å²) >= 11 is 3.54. The molecule has 0 aliphatic heterocycles. The molecule has 1 aromatic heterocycles. The van der Waals surface area contributed by atoms with Crippen molar-refractivity contribution >= 4 is 45.9 Å². The van der Waals surface area contributed by atoms with Crippen LogP contribution in [0, 0.1) is 5.41 Å². The fourth-order valence-electron chi connectivity index (χ4n) is 3.77. The highest BCUT2D eigenvalue weighted by Crippen LogP contribution is 2.40. The van der Waals surface area contributed by atoms with E-state index >= 15 is 0 Å². The zero-order valence-corrected chi connectivity index (χ0v) is 20.5. The first kappa shape index (κ1) is 23.8. The Balaban J connectivity index is 0.00000338. The lowest BCUT2D eigenvalue weighted by molar-refractivity contribution is 0.104. The molecule has 150 valence electrons. The van der Waals surface area contributed by atoms with Crippen LogP contribution < -0.4 is 5.32 Å². The lowest BCUT2D eigenvalue weighted by Crippen LogP contribution is -2.44. The molecule has 7 heteroatoms. The van der Waals surface area contributed by atoms with Crippen molar-refractivity contribution in [3.8, 4) is 0 Å². The summed E-state index contributed by atoms with van der Waals surface area (Å²) in [5.41, 5.74) is 1.61. The van der Waals surface area contributed by atoms with Gasteiger partial charge >= 0.3 is 0 Å². The molecule has 0 unspecified atom stereocenters. The summed E-state index contributed by atoms with van der Waals surface area (Å²) in [6.07, 6.45) is 8.47. The summed E-state index contributed by atoms with van der Waals surface area (Å²) in [5.74, 6) is 0.958. The van der Waals surface area contributed by atoms with E-state index in [1.54, 1.807) is 0 Å². The number of hydrogen-bond acceptors (Lipinski definition) is 2. The maximum atomic E-state index is 5.62. The monoisotopic (exact) mass is 540 g/mol. The average molecular weight is 541 g/mol. The van der Waals surface area contributed by atoms with Crippen molar-refractivity contribution in [2.24, 2.45) is 17.5 Å². The molecule has 1 aromatic rings. The Kier molecular flexibility index (Phi) is 10.5. The molecule has 1 fully saturated rings. The standard InChI is InChI=1S/C19H33BrN4O.HI/c1-5-25-11-10-19(8-6-7-9-19)15-22-18(21-2)24(4)14-17-12-16(20)13-23(17)3;/h12-13H,5-11,14-15H2,1-4H3,(H,21,22);1H. The third-order valence-corrected chi connectivity index (χ3v) is 5.75. The first-order valence-corrected chi connectivity index (χ1v) is 10.1. The first-order chi connectivity index (χ1) is 12.0. The van der Waals surface area contributed by atoms with Crippen molar-refractivity contribution in [2.75, 3.05) is 33.9 Å². The lowest BCUT2D eigenvalue weighted by Gasteiger charge is -2.32.